The molecule has 1 atom stereocenters. The number of nitrogens with one attached hydrogen (secondary N) is 1. The second-order valence-electron chi connectivity index (χ2n) is 5.60. The van der Waals surface area contributed by atoms with Gasteiger partial charge in [-0.1, -0.05) is 23.7 Å². The van der Waals surface area contributed by atoms with Gasteiger partial charge in [0.05, 0.1) is 6.61 Å². The zero-order valence-electron chi connectivity index (χ0n) is 12.4. The van der Waals surface area contributed by atoms with Crippen molar-refractivity contribution in [2.75, 3.05) is 13.7 Å². The molecule has 20 heavy (non-hydrogen) atoms. The van der Waals surface area contributed by atoms with Gasteiger partial charge >= 0.3 is 6.09 Å². The lowest BCUT2D eigenvalue weighted by Gasteiger charge is -2.24. The van der Waals surface area contributed by atoms with Crippen LogP contribution in [0.4, 0.5) is 4.79 Å². The molecule has 4 nitrogen and oxygen atoms in total. The van der Waals surface area contributed by atoms with Crippen molar-refractivity contribution >= 4 is 17.7 Å². The Bertz CT molecular complexity index is 426. The molecule has 0 saturated carbocycles. The van der Waals surface area contributed by atoms with Gasteiger partial charge in [-0.3, -0.25) is 0 Å². The van der Waals surface area contributed by atoms with E-state index >= 15 is 0 Å². The van der Waals surface area contributed by atoms with Gasteiger partial charge in [-0.15, -0.1) is 0 Å². The number of ether oxygens (including phenoxy) is 2. The Hall–Kier alpha value is -1.26. The number of amides is 1. The molecule has 0 aliphatic rings. The largest absolute Gasteiger partial charge is 0.441 e. The van der Waals surface area contributed by atoms with Crippen LogP contribution in [0.2, 0.25) is 5.02 Å². The van der Waals surface area contributed by atoms with Crippen molar-refractivity contribution in [3.05, 3.63) is 34.9 Å². The van der Waals surface area contributed by atoms with Crippen molar-refractivity contribution in [3.8, 4) is 0 Å². The highest BCUT2D eigenvalue weighted by molar-refractivity contribution is 6.30. The van der Waals surface area contributed by atoms with Crippen molar-refractivity contribution in [3.63, 3.8) is 0 Å². The number of halogens is 1. The number of methoxy groups -OCH3 is 1. The molecule has 1 N–H and O–H groups in total. The fraction of sp³-hybridized carbons (Fsp3) is 0.533. The lowest BCUT2D eigenvalue weighted by atomic mass is 10.1. The van der Waals surface area contributed by atoms with Gasteiger partial charge in [-0.25, -0.2) is 4.79 Å². The highest BCUT2D eigenvalue weighted by atomic mass is 35.5. The number of carbonyl (C=O) groups excluding carboxylic acids is 1. The van der Waals surface area contributed by atoms with E-state index in [0.29, 0.717) is 18.1 Å². The normalized spacial score (nSPS) is 12.8. The molecule has 0 bridgehead atoms. The van der Waals surface area contributed by atoms with E-state index in [1.54, 1.807) is 19.2 Å². The van der Waals surface area contributed by atoms with Gasteiger partial charge in [0.1, 0.15) is 6.10 Å². The van der Waals surface area contributed by atoms with Crippen LogP contribution in [0.15, 0.2) is 24.3 Å². The van der Waals surface area contributed by atoms with Gasteiger partial charge in [0.25, 0.3) is 0 Å². The standard InChI is InChI=1S/C15H22ClNO3/c1-15(2,3)17-14(18)20-13(9-10-19-4)11-5-7-12(16)8-6-11/h5-8,13H,9-10H2,1-4H3,(H,17,18). The highest BCUT2D eigenvalue weighted by Crippen LogP contribution is 2.23. The van der Waals surface area contributed by atoms with Crippen LogP contribution in [0.1, 0.15) is 38.9 Å². The monoisotopic (exact) mass is 299 g/mol. The predicted octanol–water partition coefficient (Wildman–Crippen LogP) is 3.94. The third-order valence-electron chi connectivity index (χ3n) is 2.55. The molecule has 0 heterocycles. The molecule has 1 aromatic carbocycles. The number of benzene rings is 1. The molecule has 1 amide bonds. The minimum absolute atomic E-state index is 0.330. The molecule has 1 rings (SSSR count). The molecule has 0 fully saturated rings. The van der Waals surface area contributed by atoms with Gasteiger partial charge in [0.2, 0.25) is 0 Å². The maximum Gasteiger partial charge on any atom is 0.408 e. The Morgan fingerprint density at radius 1 is 1.30 bits per heavy atom. The average Bonchev–Trinajstić information content (AvgIpc) is 2.33. The lowest BCUT2D eigenvalue weighted by molar-refractivity contribution is 0.0668. The van der Waals surface area contributed by atoms with E-state index in [4.69, 9.17) is 21.1 Å². The Morgan fingerprint density at radius 2 is 1.90 bits per heavy atom. The summed E-state index contributed by atoms with van der Waals surface area (Å²) in [4.78, 5) is 11.9. The van der Waals surface area contributed by atoms with Crippen molar-refractivity contribution < 1.29 is 14.3 Å². The van der Waals surface area contributed by atoms with Gasteiger partial charge < -0.3 is 14.8 Å². The molecule has 5 heteroatoms. The van der Waals surface area contributed by atoms with E-state index in [0.717, 1.165) is 5.56 Å². The Kier molecular flexibility index (Phi) is 6.30. The number of hydrogen-bond donors (Lipinski definition) is 1. The van der Waals surface area contributed by atoms with Crippen molar-refractivity contribution in [1.82, 2.24) is 5.32 Å². The first kappa shape index (κ1) is 16.8. The number of rotatable bonds is 5. The summed E-state index contributed by atoms with van der Waals surface area (Å²) in [6, 6.07) is 7.27. The fourth-order valence-corrected chi connectivity index (χ4v) is 1.79. The highest BCUT2D eigenvalue weighted by Gasteiger charge is 2.20. The van der Waals surface area contributed by atoms with E-state index < -0.39 is 6.09 Å². The predicted molar refractivity (Wildman–Crippen MR) is 80.1 cm³/mol. The van der Waals surface area contributed by atoms with Crippen LogP contribution in [-0.2, 0) is 9.47 Å². The van der Waals surface area contributed by atoms with Gasteiger partial charge in [0.15, 0.2) is 0 Å². The topological polar surface area (TPSA) is 47.6 Å². The summed E-state index contributed by atoms with van der Waals surface area (Å²) in [7, 11) is 1.62. The first-order valence-corrected chi connectivity index (χ1v) is 6.93. The lowest BCUT2D eigenvalue weighted by Crippen LogP contribution is -2.41. The van der Waals surface area contributed by atoms with Crippen LogP contribution >= 0.6 is 11.6 Å². The molecule has 0 aromatic heterocycles. The van der Waals surface area contributed by atoms with Crippen LogP contribution in [0.3, 0.4) is 0 Å². The number of hydrogen-bond acceptors (Lipinski definition) is 3. The summed E-state index contributed by atoms with van der Waals surface area (Å²) in [5, 5.41) is 3.43. The molecule has 1 aromatic rings. The van der Waals surface area contributed by atoms with E-state index in [2.05, 4.69) is 5.32 Å². The van der Waals surface area contributed by atoms with Crippen LogP contribution in [0, 0.1) is 0 Å². The van der Waals surface area contributed by atoms with Crippen molar-refractivity contribution in [2.45, 2.75) is 38.8 Å². The minimum Gasteiger partial charge on any atom is -0.441 e. The van der Waals surface area contributed by atoms with Crippen LogP contribution in [-0.4, -0.2) is 25.3 Å². The van der Waals surface area contributed by atoms with E-state index in [9.17, 15) is 4.79 Å². The number of alkyl carbamates (subject to hydrolysis) is 1. The summed E-state index contributed by atoms with van der Waals surface area (Å²) < 4.78 is 10.5. The Labute approximate surface area is 125 Å². The maximum atomic E-state index is 11.9. The maximum absolute atomic E-state index is 11.9. The van der Waals surface area contributed by atoms with Gasteiger partial charge in [0, 0.05) is 24.1 Å². The second-order valence-corrected chi connectivity index (χ2v) is 6.04. The average molecular weight is 300 g/mol. The molecule has 0 spiro atoms. The first-order valence-electron chi connectivity index (χ1n) is 6.55. The zero-order chi connectivity index (χ0) is 15.2. The summed E-state index contributed by atoms with van der Waals surface area (Å²) >= 11 is 5.87. The summed E-state index contributed by atoms with van der Waals surface area (Å²) in [5.41, 5.74) is 0.568. The van der Waals surface area contributed by atoms with Crippen molar-refractivity contribution in [1.29, 1.82) is 0 Å². The van der Waals surface area contributed by atoms with Crippen LogP contribution < -0.4 is 5.32 Å². The zero-order valence-corrected chi connectivity index (χ0v) is 13.2. The molecule has 112 valence electrons. The molecule has 1 unspecified atom stereocenters. The summed E-state index contributed by atoms with van der Waals surface area (Å²) in [5.74, 6) is 0. The van der Waals surface area contributed by atoms with Gasteiger partial charge in [-0.2, -0.15) is 0 Å². The SMILES string of the molecule is COCCC(OC(=O)NC(C)(C)C)c1ccc(Cl)cc1. The van der Waals surface area contributed by atoms with Crippen LogP contribution in [0.25, 0.3) is 0 Å². The minimum atomic E-state index is -0.437. The molecular weight excluding hydrogens is 278 g/mol. The number of carbonyl (C=O) groups is 1. The van der Waals surface area contributed by atoms with E-state index in [1.807, 2.05) is 32.9 Å². The van der Waals surface area contributed by atoms with E-state index in [1.165, 1.54) is 0 Å². The van der Waals surface area contributed by atoms with Crippen molar-refractivity contribution in [2.24, 2.45) is 0 Å². The quantitative estimate of drug-likeness (QED) is 0.896. The fourth-order valence-electron chi connectivity index (χ4n) is 1.66. The molecule has 0 aliphatic carbocycles. The smallest absolute Gasteiger partial charge is 0.408 e. The Morgan fingerprint density at radius 3 is 2.40 bits per heavy atom. The molecule has 0 saturated heterocycles. The Balaban J connectivity index is 2.74. The third kappa shape index (κ3) is 6.26. The van der Waals surface area contributed by atoms with E-state index in [-0.39, 0.29) is 11.6 Å². The van der Waals surface area contributed by atoms with Crippen LogP contribution in [0.5, 0.6) is 0 Å². The summed E-state index contributed by atoms with van der Waals surface area (Å²) in [6.45, 7) is 6.22. The second kappa shape index (κ2) is 7.50. The van der Waals surface area contributed by atoms with Gasteiger partial charge in [-0.05, 0) is 38.5 Å². The third-order valence-corrected chi connectivity index (χ3v) is 2.80. The summed E-state index contributed by atoms with van der Waals surface area (Å²) in [6.07, 6.45) is -0.196. The molecule has 0 aliphatic heterocycles. The first-order chi connectivity index (χ1) is 9.31. The molecular formula is C15H22ClNO3. The molecule has 0 radical (unpaired) electrons.